The van der Waals surface area contributed by atoms with Crippen LogP contribution in [0.25, 0.3) is 0 Å². The second kappa shape index (κ2) is 11.5. The van der Waals surface area contributed by atoms with Gasteiger partial charge in [-0.25, -0.2) is 0 Å². The van der Waals surface area contributed by atoms with Crippen molar-refractivity contribution in [2.45, 2.75) is 64.7 Å². The molecule has 0 saturated heterocycles. The molecule has 0 heterocycles. The molecule has 0 atom stereocenters. The first-order chi connectivity index (χ1) is 14.3. The molecule has 2 aromatic carbocycles. The Morgan fingerprint density at radius 3 is 2.28 bits per heavy atom. The minimum absolute atomic E-state index is 0.666. The maximum atomic E-state index is 5.70. The lowest BCUT2D eigenvalue weighted by Gasteiger charge is -2.27. The monoisotopic (exact) mass is 386 g/mol. The molecule has 0 bridgehead atoms. The Balaban J connectivity index is 1.45. The number of rotatable bonds is 7. The Kier molecular flexibility index (Phi) is 8.44. The molecule has 0 aliphatic heterocycles. The van der Waals surface area contributed by atoms with E-state index in [-0.39, 0.29) is 0 Å². The third kappa shape index (κ3) is 6.82. The Labute approximate surface area is 177 Å². The zero-order chi connectivity index (χ0) is 20.3. The minimum Gasteiger partial charge on any atom is -0.494 e. The van der Waals surface area contributed by atoms with Crippen LogP contribution in [0.1, 0.15) is 75.0 Å². The van der Waals surface area contributed by atoms with E-state index in [1.165, 1.54) is 43.2 Å². The zero-order valence-corrected chi connectivity index (χ0v) is 18.0. The van der Waals surface area contributed by atoms with E-state index < -0.39 is 0 Å². The number of ether oxygens (including phenoxy) is 1. The lowest BCUT2D eigenvalue weighted by atomic mass is 9.78. The van der Waals surface area contributed by atoms with Crippen molar-refractivity contribution in [3.8, 4) is 17.6 Å². The average Bonchev–Trinajstić information content (AvgIpc) is 2.77. The number of hydrogen-bond acceptors (Lipinski definition) is 1. The van der Waals surface area contributed by atoms with Gasteiger partial charge in [-0.3, -0.25) is 0 Å². The molecule has 1 heteroatoms. The number of aryl methyl sites for hydroxylation is 1. The molecular weight excluding hydrogens is 352 g/mol. The van der Waals surface area contributed by atoms with E-state index in [1.54, 1.807) is 0 Å². The van der Waals surface area contributed by atoms with Crippen LogP contribution in [0.5, 0.6) is 5.75 Å². The van der Waals surface area contributed by atoms with E-state index in [1.807, 2.05) is 0 Å². The van der Waals surface area contributed by atoms with Crippen molar-refractivity contribution in [2.75, 3.05) is 6.61 Å². The summed E-state index contributed by atoms with van der Waals surface area (Å²) in [6.07, 6.45) is 12.8. The van der Waals surface area contributed by atoms with E-state index in [9.17, 15) is 0 Å². The van der Waals surface area contributed by atoms with Gasteiger partial charge in [0.25, 0.3) is 0 Å². The van der Waals surface area contributed by atoms with Crippen molar-refractivity contribution in [1.29, 1.82) is 0 Å². The first kappa shape index (κ1) is 21.3. The Morgan fingerprint density at radius 1 is 0.897 bits per heavy atom. The summed E-state index contributed by atoms with van der Waals surface area (Å²) in [6, 6.07) is 17.4. The first-order valence-corrected chi connectivity index (χ1v) is 11.3. The van der Waals surface area contributed by atoms with Crippen LogP contribution < -0.4 is 4.74 Å². The summed E-state index contributed by atoms with van der Waals surface area (Å²) in [5.74, 6) is 8.83. The highest BCUT2D eigenvalue weighted by molar-refractivity contribution is 5.38. The number of benzene rings is 2. The summed E-state index contributed by atoms with van der Waals surface area (Å²) >= 11 is 0. The smallest absolute Gasteiger partial charge is 0.119 e. The van der Waals surface area contributed by atoms with Gasteiger partial charge in [-0.2, -0.15) is 0 Å². The predicted octanol–water partition coefficient (Wildman–Crippen LogP) is 7.31. The summed E-state index contributed by atoms with van der Waals surface area (Å²) in [4.78, 5) is 0. The summed E-state index contributed by atoms with van der Waals surface area (Å²) in [5, 5.41) is 0. The Morgan fingerprint density at radius 2 is 1.62 bits per heavy atom. The Bertz CT molecular complexity index is 809. The molecule has 0 amide bonds. The molecule has 1 saturated carbocycles. The highest BCUT2D eigenvalue weighted by Crippen LogP contribution is 2.36. The topological polar surface area (TPSA) is 9.23 Å². The molecule has 2 aromatic rings. The van der Waals surface area contributed by atoms with Crippen LogP contribution in [-0.4, -0.2) is 6.61 Å². The number of allylic oxidation sites excluding steroid dienone is 2. The molecule has 3 rings (SSSR count). The molecule has 1 aliphatic rings. The summed E-state index contributed by atoms with van der Waals surface area (Å²) in [7, 11) is 0. The quantitative estimate of drug-likeness (QED) is 0.453. The van der Waals surface area contributed by atoms with Crippen molar-refractivity contribution in [3.05, 3.63) is 77.4 Å². The van der Waals surface area contributed by atoms with Gasteiger partial charge in [-0.1, -0.05) is 62.5 Å². The molecule has 0 aromatic heterocycles. The van der Waals surface area contributed by atoms with Gasteiger partial charge in [-0.05, 0) is 91.8 Å². The molecule has 1 fully saturated rings. The third-order valence-electron chi connectivity index (χ3n) is 5.76. The third-order valence-corrected chi connectivity index (χ3v) is 5.76. The summed E-state index contributed by atoms with van der Waals surface area (Å²) < 4.78 is 5.70. The highest BCUT2D eigenvalue weighted by Gasteiger charge is 2.20. The van der Waals surface area contributed by atoms with Gasteiger partial charge in [0.1, 0.15) is 5.75 Å². The fraction of sp³-hybridized carbons (Fsp3) is 0.429. The molecule has 0 unspecified atom stereocenters. The molecular formula is C28H34O. The van der Waals surface area contributed by atoms with E-state index in [0.717, 1.165) is 30.8 Å². The van der Waals surface area contributed by atoms with Gasteiger partial charge >= 0.3 is 0 Å². The molecule has 0 spiro atoms. The molecule has 0 N–H and O–H groups in total. The maximum absolute atomic E-state index is 5.70. The minimum atomic E-state index is 0.666. The number of hydrogen-bond donors (Lipinski definition) is 0. The first-order valence-electron chi connectivity index (χ1n) is 11.3. The van der Waals surface area contributed by atoms with Crippen molar-refractivity contribution >= 4 is 0 Å². The standard InChI is InChI=1S/C28H34O/c1-3-7-23-10-12-24(13-11-23)8-5-6-9-25-14-16-26(17-15-25)27-18-20-28(21-19-27)29-22-4-2/h6,9-13,18-21,25-26H,3-4,7,14-17,22H2,1-2H3/t25-,26-. The van der Waals surface area contributed by atoms with Gasteiger partial charge < -0.3 is 4.74 Å². The van der Waals surface area contributed by atoms with Crippen LogP contribution >= 0.6 is 0 Å². The zero-order valence-electron chi connectivity index (χ0n) is 18.0. The van der Waals surface area contributed by atoms with Crippen molar-refractivity contribution in [3.63, 3.8) is 0 Å². The van der Waals surface area contributed by atoms with Crippen LogP contribution in [0.15, 0.2) is 60.7 Å². The summed E-state index contributed by atoms with van der Waals surface area (Å²) in [6.45, 7) is 5.15. The van der Waals surface area contributed by atoms with E-state index in [0.29, 0.717) is 11.8 Å². The van der Waals surface area contributed by atoms with Crippen molar-refractivity contribution in [1.82, 2.24) is 0 Å². The van der Waals surface area contributed by atoms with Gasteiger partial charge in [-0.15, -0.1) is 0 Å². The van der Waals surface area contributed by atoms with Gasteiger partial charge in [0.2, 0.25) is 0 Å². The Hall–Kier alpha value is -2.46. The lowest BCUT2D eigenvalue weighted by Crippen LogP contribution is -2.11. The molecule has 1 nitrogen and oxygen atoms in total. The van der Waals surface area contributed by atoms with Crippen molar-refractivity contribution in [2.24, 2.45) is 5.92 Å². The second-order valence-electron chi connectivity index (χ2n) is 8.10. The fourth-order valence-electron chi connectivity index (χ4n) is 4.05. The van der Waals surface area contributed by atoms with Crippen LogP contribution in [0.3, 0.4) is 0 Å². The lowest BCUT2D eigenvalue weighted by molar-refractivity contribution is 0.317. The van der Waals surface area contributed by atoms with Crippen LogP contribution in [0.4, 0.5) is 0 Å². The van der Waals surface area contributed by atoms with Crippen LogP contribution in [-0.2, 0) is 6.42 Å². The molecule has 1 aliphatic carbocycles. The van der Waals surface area contributed by atoms with Gasteiger partial charge in [0.15, 0.2) is 0 Å². The largest absolute Gasteiger partial charge is 0.494 e. The maximum Gasteiger partial charge on any atom is 0.119 e. The van der Waals surface area contributed by atoms with Gasteiger partial charge in [0.05, 0.1) is 6.61 Å². The average molecular weight is 387 g/mol. The second-order valence-corrected chi connectivity index (χ2v) is 8.10. The van der Waals surface area contributed by atoms with Gasteiger partial charge in [0, 0.05) is 5.56 Å². The molecule has 0 radical (unpaired) electrons. The predicted molar refractivity (Wildman–Crippen MR) is 123 cm³/mol. The highest BCUT2D eigenvalue weighted by atomic mass is 16.5. The molecule has 29 heavy (non-hydrogen) atoms. The fourth-order valence-corrected chi connectivity index (χ4v) is 4.05. The van der Waals surface area contributed by atoms with E-state index in [4.69, 9.17) is 4.74 Å². The van der Waals surface area contributed by atoms with Crippen molar-refractivity contribution < 1.29 is 4.74 Å². The SMILES string of the molecule is CCCOc1ccc([C@H]2CC[C@H](C=CC#Cc3ccc(CCC)cc3)CC2)cc1. The van der Waals surface area contributed by atoms with E-state index in [2.05, 4.69) is 86.4 Å². The van der Waals surface area contributed by atoms with E-state index >= 15 is 0 Å². The summed E-state index contributed by atoms with van der Waals surface area (Å²) in [5.41, 5.74) is 3.96. The molecule has 152 valence electrons. The normalized spacial score (nSPS) is 19.0. The van der Waals surface area contributed by atoms with Crippen LogP contribution in [0, 0.1) is 17.8 Å². The van der Waals surface area contributed by atoms with Crippen LogP contribution in [0.2, 0.25) is 0 Å².